The van der Waals surface area contributed by atoms with Crippen LogP contribution in [0.25, 0.3) is 0 Å². The third kappa shape index (κ3) is 3.32. The van der Waals surface area contributed by atoms with E-state index in [1.54, 1.807) is 25.2 Å². The summed E-state index contributed by atoms with van der Waals surface area (Å²) in [4.78, 5) is 13.6. The van der Waals surface area contributed by atoms with E-state index >= 15 is 0 Å². The highest BCUT2D eigenvalue weighted by molar-refractivity contribution is 5.93. The lowest BCUT2D eigenvalue weighted by molar-refractivity contribution is -0.119. The number of carbonyl (C=O) groups excluding carboxylic acids is 1. The number of carbonyl (C=O) groups is 1. The molecule has 0 heterocycles. The van der Waals surface area contributed by atoms with E-state index in [0.29, 0.717) is 5.69 Å². The van der Waals surface area contributed by atoms with E-state index in [1.165, 1.54) is 17.4 Å². The highest BCUT2D eigenvalue weighted by Crippen LogP contribution is 2.30. The second kappa shape index (κ2) is 5.70. The van der Waals surface area contributed by atoms with Crippen molar-refractivity contribution in [3.8, 4) is 0 Å². The van der Waals surface area contributed by atoms with Gasteiger partial charge in [-0.3, -0.25) is 4.79 Å². The fraction of sp³-hybridized carbons (Fsp3) is 0.533. The minimum atomic E-state index is -0.408. The number of para-hydroxylation sites is 1. The quantitative estimate of drug-likeness (QED) is 0.912. The van der Waals surface area contributed by atoms with Crippen LogP contribution in [0.1, 0.15) is 38.5 Å². The number of benzene rings is 1. The Morgan fingerprint density at radius 3 is 2.58 bits per heavy atom. The van der Waals surface area contributed by atoms with Gasteiger partial charge in [0.25, 0.3) is 0 Å². The molecule has 19 heavy (non-hydrogen) atoms. The fourth-order valence-electron chi connectivity index (χ4n) is 2.71. The van der Waals surface area contributed by atoms with Gasteiger partial charge in [0, 0.05) is 19.0 Å². The molecular formula is C15H21FN2O. The van der Waals surface area contributed by atoms with Gasteiger partial charge in [-0.25, -0.2) is 4.39 Å². The number of amides is 1. The summed E-state index contributed by atoms with van der Waals surface area (Å²) < 4.78 is 13.6. The first-order chi connectivity index (χ1) is 9.02. The van der Waals surface area contributed by atoms with E-state index in [0.717, 1.165) is 25.7 Å². The summed E-state index contributed by atoms with van der Waals surface area (Å²) in [5.41, 5.74) is 6.18. The Morgan fingerprint density at radius 1 is 1.32 bits per heavy atom. The Morgan fingerprint density at radius 2 is 1.95 bits per heavy atom. The zero-order chi connectivity index (χ0) is 13.9. The molecule has 0 saturated heterocycles. The van der Waals surface area contributed by atoms with Crippen LogP contribution in [0.2, 0.25) is 0 Å². The van der Waals surface area contributed by atoms with Crippen LogP contribution < -0.4 is 10.6 Å². The highest BCUT2D eigenvalue weighted by atomic mass is 19.1. The Bertz CT molecular complexity index is 455. The molecule has 3 nitrogen and oxygen atoms in total. The molecule has 104 valence electrons. The van der Waals surface area contributed by atoms with Crippen LogP contribution in [0.15, 0.2) is 24.3 Å². The van der Waals surface area contributed by atoms with Gasteiger partial charge < -0.3 is 10.6 Å². The van der Waals surface area contributed by atoms with Crippen molar-refractivity contribution < 1.29 is 9.18 Å². The van der Waals surface area contributed by atoms with Gasteiger partial charge in [0.05, 0.1) is 5.69 Å². The molecular weight excluding hydrogens is 243 g/mol. The van der Waals surface area contributed by atoms with Crippen molar-refractivity contribution >= 4 is 11.6 Å². The van der Waals surface area contributed by atoms with Crippen molar-refractivity contribution in [3.05, 3.63) is 30.1 Å². The minimum absolute atomic E-state index is 0.116. The number of nitrogens with zero attached hydrogens (tertiary/aromatic N) is 1. The molecule has 2 N–H and O–H groups in total. The van der Waals surface area contributed by atoms with Gasteiger partial charge in [-0.1, -0.05) is 31.4 Å². The Hall–Kier alpha value is -1.42. The molecule has 0 bridgehead atoms. The van der Waals surface area contributed by atoms with Crippen molar-refractivity contribution in [2.75, 3.05) is 11.9 Å². The molecule has 1 amide bonds. The molecule has 0 unspecified atom stereocenters. The average molecular weight is 264 g/mol. The first-order valence-corrected chi connectivity index (χ1v) is 6.82. The van der Waals surface area contributed by atoms with Crippen LogP contribution in [-0.4, -0.2) is 18.5 Å². The number of halogens is 1. The Labute approximate surface area is 113 Å². The van der Waals surface area contributed by atoms with Gasteiger partial charge in [-0.05, 0) is 25.0 Å². The van der Waals surface area contributed by atoms with E-state index in [-0.39, 0.29) is 18.1 Å². The topological polar surface area (TPSA) is 46.3 Å². The van der Waals surface area contributed by atoms with Gasteiger partial charge in [0.2, 0.25) is 5.91 Å². The second-order valence-electron chi connectivity index (χ2n) is 5.50. The van der Waals surface area contributed by atoms with Crippen molar-refractivity contribution in [3.63, 3.8) is 0 Å². The minimum Gasteiger partial charge on any atom is -0.325 e. The molecule has 1 saturated carbocycles. The highest BCUT2D eigenvalue weighted by Gasteiger charge is 2.31. The van der Waals surface area contributed by atoms with Crippen molar-refractivity contribution in [1.29, 1.82) is 0 Å². The third-order valence-corrected chi connectivity index (χ3v) is 3.94. The lowest BCUT2D eigenvalue weighted by atomic mass is 9.80. The molecule has 1 fully saturated rings. The van der Waals surface area contributed by atoms with Gasteiger partial charge in [-0.2, -0.15) is 0 Å². The first kappa shape index (κ1) is 14.0. The Kier molecular flexibility index (Phi) is 4.20. The van der Waals surface area contributed by atoms with Crippen LogP contribution in [0.5, 0.6) is 0 Å². The number of hydrogen-bond donors (Lipinski definition) is 1. The normalized spacial score (nSPS) is 18.1. The van der Waals surface area contributed by atoms with E-state index in [9.17, 15) is 9.18 Å². The van der Waals surface area contributed by atoms with Crippen LogP contribution in [0.4, 0.5) is 10.1 Å². The standard InChI is InChI=1S/C15H21FN2O/c1-18(13-8-4-3-7-12(13)16)14(19)11-15(17)9-5-2-6-10-15/h3-4,7-8H,2,5-6,9-11,17H2,1H3. The predicted molar refractivity (Wildman–Crippen MR) is 74.4 cm³/mol. The van der Waals surface area contributed by atoms with Crippen molar-refractivity contribution in [2.45, 2.75) is 44.1 Å². The maximum absolute atomic E-state index is 13.6. The molecule has 0 atom stereocenters. The van der Waals surface area contributed by atoms with E-state index in [2.05, 4.69) is 0 Å². The van der Waals surface area contributed by atoms with Gasteiger partial charge in [0.15, 0.2) is 0 Å². The number of anilines is 1. The third-order valence-electron chi connectivity index (χ3n) is 3.94. The zero-order valence-electron chi connectivity index (χ0n) is 11.4. The van der Waals surface area contributed by atoms with Gasteiger partial charge >= 0.3 is 0 Å². The number of hydrogen-bond acceptors (Lipinski definition) is 2. The van der Waals surface area contributed by atoms with E-state index < -0.39 is 5.54 Å². The molecule has 1 aromatic rings. The molecule has 0 radical (unpaired) electrons. The van der Waals surface area contributed by atoms with Gasteiger partial charge in [0.1, 0.15) is 5.82 Å². The lowest BCUT2D eigenvalue weighted by Gasteiger charge is -2.34. The number of rotatable bonds is 3. The smallest absolute Gasteiger partial charge is 0.228 e. The number of nitrogens with two attached hydrogens (primary N) is 1. The summed E-state index contributed by atoms with van der Waals surface area (Å²) in [6.07, 6.45) is 5.39. The molecule has 1 aliphatic rings. The SMILES string of the molecule is CN(C(=O)CC1(N)CCCCC1)c1ccccc1F. The molecule has 0 spiro atoms. The molecule has 1 aliphatic carbocycles. The molecule has 4 heteroatoms. The molecule has 0 aliphatic heterocycles. The maximum Gasteiger partial charge on any atom is 0.228 e. The lowest BCUT2D eigenvalue weighted by Crippen LogP contribution is -2.46. The second-order valence-corrected chi connectivity index (χ2v) is 5.50. The molecule has 1 aromatic carbocycles. The summed E-state index contributed by atoms with van der Waals surface area (Å²) >= 11 is 0. The Balaban J connectivity index is 2.05. The van der Waals surface area contributed by atoms with Gasteiger partial charge in [-0.15, -0.1) is 0 Å². The van der Waals surface area contributed by atoms with Crippen LogP contribution in [0, 0.1) is 5.82 Å². The summed E-state index contributed by atoms with van der Waals surface area (Å²) in [7, 11) is 1.60. The summed E-state index contributed by atoms with van der Waals surface area (Å²) in [6, 6.07) is 6.30. The average Bonchev–Trinajstić information content (AvgIpc) is 2.39. The molecule has 2 rings (SSSR count). The van der Waals surface area contributed by atoms with E-state index in [4.69, 9.17) is 5.73 Å². The zero-order valence-corrected chi connectivity index (χ0v) is 11.4. The predicted octanol–water partition coefficient (Wildman–Crippen LogP) is 2.84. The monoisotopic (exact) mass is 264 g/mol. The fourth-order valence-corrected chi connectivity index (χ4v) is 2.71. The largest absolute Gasteiger partial charge is 0.325 e. The maximum atomic E-state index is 13.6. The summed E-state index contributed by atoms with van der Waals surface area (Å²) in [5, 5.41) is 0. The van der Waals surface area contributed by atoms with Crippen LogP contribution in [0.3, 0.4) is 0 Å². The molecule has 0 aromatic heterocycles. The van der Waals surface area contributed by atoms with Crippen molar-refractivity contribution in [1.82, 2.24) is 0 Å². The van der Waals surface area contributed by atoms with Crippen LogP contribution in [-0.2, 0) is 4.79 Å². The summed E-state index contributed by atoms with van der Waals surface area (Å²) in [6.45, 7) is 0. The van der Waals surface area contributed by atoms with Crippen molar-refractivity contribution in [2.24, 2.45) is 5.73 Å². The summed E-state index contributed by atoms with van der Waals surface area (Å²) in [5.74, 6) is -0.498. The van der Waals surface area contributed by atoms with E-state index in [1.807, 2.05) is 0 Å². The van der Waals surface area contributed by atoms with Crippen LogP contribution >= 0.6 is 0 Å². The first-order valence-electron chi connectivity index (χ1n) is 6.82.